The van der Waals surface area contributed by atoms with Gasteiger partial charge in [0.1, 0.15) is 12.1 Å². The Balaban J connectivity index is 1.19. The summed E-state index contributed by atoms with van der Waals surface area (Å²) in [6.07, 6.45) is 0. The van der Waals surface area contributed by atoms with Gasteiger partial charge in [-0.05, 0) is 36.1 Å². The molecule has 3 heterocycles. The van der Waals surface area contributed by atoms with Gasteiger partial charge < -0.3 is 28.7 Å². The molecule has 3 aliphatic rings. The van der Waals surface area contributed by atoms with E-state index in [1.165, 1.54) is 0 Å². The highest BCUT2D eigenvalue weighted by Gasteiger charge is 2.46. The number of fused-ring (bicyclic) bond motifs is 2. The third-order valence-electron chi connectivity index (χ3n) is 9.37. The number of imide groups is 2. The third kappa shape index (κ3) is 8.41. The molecule has 280 valence electrons. The van der Waals surface area contributed by atoms with E-state index >= 15 is 0 Å². The predicted octanol–water partition coefficient (Wildman–Crippen LogP) is 2.37. The average Bonchev–Trinajstić information content (AvgIpc) is 3.52. The van der Waals surface area contributed by atoms with E-state index in [1.807, 2.05) is 0 Å². The van der Waals surface area contributed by atoms with Crippen LogP contribution in [-0.4, -0.2) is 146 Å². The fourth-order valence-corrected chi connectivity index (χ4v) is 6.69. The number of nitrogens with zero attached hydrogens (tertiary/aromatic N) is 4. The van der Waals surface area contributed by atoms with Crippen LogP contribution >= 0.6 is 0 Å². The van der Waals surface area contributed by atoms with Crippen molar-refractivity contribution in [2.75, 3.05) is 79.0 Å². The van der Waals surface area contributed by atoms with Crippen LogP contribution in [0.15, 0.2) is 48.5 Å². The first kappa shape index (κ1) is 38.7. The molecule has 1 saturated heterocycles. The van der Waals surface area contributed by atoms with Crippen molar-refractivity contribution in [3.63, 3.8) is 0 Å². The summed E-state index contributed by atoms with van der Waals surface area (Å²) in [5.41, 5.74) is 1.14. The third-order valence-corrected chi connectivity index (χ3v) is 9.37. The van der Waals surface area contributed by atoms with Crippen LogP contribution in [0.4, 0.5) is 0 Å². The van der Waals surface area contributed by atoms with Gasteiger partial charge in [-0.1, -0.05) is 52.0 Å². The molecular weight excluding hydrogens is 672 g/mol. The molecular formula is C38H48N4O10. The van der Waals surface area contributed by atoms with Gasteiger partial charge >= 0.3 is 0 Å². The summed E-state index contributed by atoms with van der Waals surface area (Å²) in [7, 11) is 0. The van der Waals surface area contributed by atoms with Crippen molar-refractivity contribution in [1.29, 1.82) is 0 Å². The van der Waals surface area contributed by atoms with Crippen LogP contribution in [0.25, 0.3) is 0 Å². The molecule has 1 fully saturated rings. The Bertz CT molecular complexity index is 1440. The molecule has 0 aromatic heterocycles. The van der Waals surface area contributed by atoms with Crippen LogP contribution < -0.4 is 0 Å². The van der Waals surface area contributed by atoms with E-state index in [2.05, 4.69) is 0 Å². The van der Waals surface area contributed by atoms with Crippen LogP contribution in [0.1, 0.15) is 69.1 Å². The Hall–Kier alpha value is -4.50. The highest BCUT2D eigenvalue weighted by atomic mass is 16.5. The lowest BCUT2D eigenvalue weighted by Gasteiger charge is -2.34. The van der Waals surface area contributed by atoms with Crippen LogP contribution in [0, 0.1) is 11.8 Å². The maximum atomic E-state index is 14.0. The molecule has 14 heteroatoms. The molecule has 0 spiro atoms. The summed E-state index contributed by atoms with van der Waals surface area (Å²) in [6.45, 7) is 9.54. The Morgan fingerprint density at radius 3 is 0.942 bits per heavy atom. The van der Waals surface area contributed by atoms with Crippen molar-refractivity contribution >= 4 is 35.4 Å². The lowest BCUT2D eigenvalue weighted by atomic mass is 10.0. The zero-order chi connectivity index (χ0) is 37.4. The molecule has 52 heavy (non-hydrogen) atoms. The first-order chi connectivity index (χ1) is 25.0. The van der Waals surface area contributed by atoms with E-state index in [0.717, 1.165) is 9.80 Å². The maximum absolute atomic E-state index is 14.0. The lowest BCUT2D eigenvalue weighted by molar-refractivity contribution is -0.140. The molecule has 6 amide bonds. The normalized spacial score (nSPS) is 19.8. The zero-order valence-corrected chi connectivity index (χ0v) is 30.3. The maximum Gasteiger partial charge on any atom is 0.262 e. The minimum absolute atomic E-state index is 0.173. The molecule has 0 bridgehead atoms. The van der Waals surface area contributed by atoms with Gasteiger partial charge in [0.25, 0.3) is 23.6 Å². The van der Waals surface area contributed by atoms with E-state index in [0.29, 0.717) is 0 Å². The van der Waals surface area contributed by atoms with Crippen LogP contribution in [0.2, 0.25) is 0 Å². The molecule has 0 radical (unpaired) electrons. The van der Waals surface area contributed by atoms with Crippen molar-refractivity contribution in [3.8, 4) is 0 Å². The number of amides is 6. The molecule has 0 aliphatic carbocycles. The molecule has 3 aliphatic heterocycles. The monoisotopic (exact) mass is 720 g/mol. The summed E-state index contributed by atoms with van der Waals surface area (Å²) in [5, 5.41) is 0. The number of ether oxygens (including phenoxy) is 4. The SMILES string of the molecule is CC(C)[C@H](C(=O)N1CCOCCOCCN(C(=O)[C@@H](C(C)C)N2C(=O)c3ccccc3C2=O)CCOCCOCC1)N1C(=O)c2ccccc2C1=O. The van der Waals surface area contributed by atoms with Crippen molar-refractivity contribution in [2.45, 2.75) is 39.8 Å². The topological polar surface area (TPSA) is 152 Å². The van der Waals surface area contributed by atoms with Gasteiger partial charge in [-0.25, -0.2) is 0 Å². The molecule has 2 aromatic carbocycles. The number of rotatable bonds is 6. The largest absolute Gasteiger partial charge is 0.377 e. The molecule has 14 nitrogen and oxygen atoms in total. The fraction of sp³-hybridized carbons (Fsp3) is 0.526. The Labute approximate surface area is 303 Å². The van der Waals surface area contributed by atoms with Gasteiger partial charge in [-0.15, -0.1) is 0 Å². The number of carbonyl (C=O) groups is 6. The molecule has 2 atom stereocenters. The Morgan fingerprint density at radius 1 is 0.462 bits per heavy atom. The van der Waals surface area contributed by atoms with E-state index < -0.39 is 35.7 Å². The highest BCUT2D eigenvalue weighted by Crippen LogP contribution is 2.29. The number of benzene rings is 2. The highest BCUT2D eigenvalue weighted by molar-refractivity contribution is 6.23. The predicted molar refractivity (Wildman–Crippen MR) is 188 cm³/mol. The second kappa shape index (κ2) is 17.8. The summed E-state index contributed by atoms with van der Waals surface area (Å²) in [6, 6.07) is 11.1. The smallest absolute Gasteiger partial charge is 0.262 e. The minimum atomic E-state index is -1.00. The van der Waals surface area contributed by atoms with E-state index in [9.17, 15) is 28.8 Å². The van der Waals surface area contributed by atoms with Crippen molar-refractivity contribution < 1.29 is 47.7 Å². The van der Waals surface area contributed by atoms with Gasteiger partial charge in [0.05, 0.1) is 75.1 Å². The Kier molecular flexibility index (Phi) is 13.3. The summed E-state index contributed by atoms with van der Waals surface area (Å²) in [4.78, 5) is 86.4. The fourth-order valence-electron chi connectivity index (χ4n) is 6.69. The lowest BCUT2D eigenvalue weighted by Crippen LogP contribution is -2.54. The summed E-state index contributed by atoms with van der Waals surface area (Å²) >= 11 is 0. The summed E-state index contributed by atoms with van der Waals surface area (Å²) < 4.78 is 23.2. The number of carbonyl (C=O) groups excluding carboxylic acids is 6. The molecule has 2 aromatic rings. The quantitative estimate of drug-likeness (QED) is 0.407. The first-order valence-corrected chi connectivity index (χ1v) is 17.9. The van der Waals surface area contributed by atoms with Gasteiger partial charge in [-0.3, -0.25) is 38.6 Å². The number of hydrogen-bond acceptors (Lipinski definition) is 10. The van der Waals surface area contributed by atoms with E-state index in [-0.39, 0.29) is 125 Å². The van der Waals surface area contributed by atoms with Crippen LogP contribution in [0.3, 0.4) is 0 Å². The van der Waals surface area contributed by atoms with E-state index in [1.54, 1.807) is 86.0 Å². The summed E-state index contributed by atoms with van der Waals surface area (Å²) in [5.74, 6) is -3.38. The minimum Gasteiger partial charge on any atom is -0.377 e. The molecule has 0 saturated carbocycles. The van der Waals surface area contributed by atoms with Crippen LogP contribution in [0.5, 0.6) is 0 Å². The number of hydrogen-bond donors (Lipinski definition) is 0. The van der Waals surface area contributed by atoms with Crippen molar-refractivity contribution in [3.05, 3.63) is 70.8 Å². The van der Waals surface area contributed by atoms with Gasteiger partial charge in [0.2, 0.25) is 11.8 Å². The van der Waals surface area contributed by atoms with E-state index in [4.69, 9.17) is 18.9 Å². The zero-order valence-electron chi connectivity index (χ0n) is 30.3. The van der Waals surface area contributed by atoms with Gasteiger partial charge in [-0.2, -0.15) is 0 Å². The van der Waals surface area contributed by atoms with Crippen molar-refractivity contribution in [2.24, 2.45) is 11.8 Å². The average molecular weight is 721 g/mol. The molecule has 0 N–H and O–H groups in total. The second-order valence-electron chi connectivity index (χ2n) is 13.5. The second-order valence-corrected chi connectivity index (χ2v) is 13.5. The first-order valence-electron chi connectivity index (χ1n) is 17.9. The van der Waals surface area contributed by atoms with Crippen molar-refractivity contribution in [1.82, 2.24) is 19.6 Å². The molecule has 5 rings (SSSR count). The Morgan fingerprint density at radius 2 is 0.712 bits per heavy atom. The molecule has 0 unspecified atom stereocenters. The van der Waals surface area contributed by atoms with Crippen LogP contribution in [-0.2, 0) is 28.5 Å². The van der Waals surface area contributed by atoms with Gasteiger partial charge in [0.15, 0.2) is 0 Å². The van der Waals surface area contributed by atoms with Gasteiger partial charge in [0, 0.05) is 26.2 Å². The standard InChI is InChI=1S/C38H48N4O10/c1-25(2)31(41-33(43)27-9-5-6-10-28(27)34(41)44)37(47)39-13-17-49-21-23-51-19-15-40(16-20-52-24-22-50-18-14-39)38(48)32(26(3)4)42-35(45)29-11-7-8-12-30(29)36(42)46/h5-12,25-26,31-32H,13-24H2,1-4H3/t31-,32-/m1/s1.